The van der Waals surface area contributed by atoms with Crippen LogP contribution in [0.3, 0.4) is 0 Å². The molecule has 15 heavy (non-hydrogen) atoms. The molecule has 2 heterocycles. The zero-order valence-electron chi connectivity index (χ0n) is 8.77. The highest BCUT2D eigenvalue weighted by molar-refractivity contribution is 5.25. The highest BCUT2D eigenvalue weighted by Crippen LogP contribution is 2.02. The van der Waals surface area contributed by atoms with Gasteiger partial charge in [0.2, 0.25) is 11.8 Å². The lowest BCUT2D eigenvalue weighted by Crippen LogP contribution is -2.08. The second-order valence-corrected chi connectivity index (χ2v) is 3.27. The fourth-order valence-electron chi connectivity index (χ4n) is 1.26. The Morgan fingerprint density at radius 2 is 2.40 bits per heavy atom. The maximum absolute atomic E-state index is 4.99. The highest BCUT2D eigenvalue weighted by Gasteiger charge is 2.03. The molecule has 0 unspecified atom stereocenters. The van der Waals surface area contributed by atoms with Crippen LogP contribution in [0.2, 0.25) is 0 Å². The number of anilines is 1. The first-order chi connectivity index (χ1) is 7.25. The second-order valence-electron chi connectivity index (χ2n) is 3.27. The van der Waals surface area contributed by atoms with Crippen molar-refractivity contribution in [3.8, 4) is 0 Å². The average Bonchev–Trinajstić information content (AvgIpc) is 2.77. The highest BCUT2D eigenvalue weighted by atomic mass is 16.5. The van der Waals surface area contributed by atoms with E-state index in [1.807, 2.05) is 17.8 Å². The van der Waals surface area contributed by atoms with Crippen LogP contribution < -0.4 is 5.32 Å². The molecule has 0 atom stereocenters. The van der Waals surface area contributed by atoms with E-state index < -0.39 is 0 Å². The van der Waals surface area contributed by atoms with Gasteiger partial charge in [-0.1, -0.05) is 5.16 Å². The number of rotatable bonds is 4. The molecule has 0 aliphatic carbocycles. The minimum absolute atomic E-state index is 0.647. The Kier molecular flexibility index (Phi) is 2.66. The van der Waals surface area contributed by atoms with Gasteiger partial charge in [-0.2, -0.15) is 4.98 Å². The first-order valence-corrected chi connectivity index (χ1v) is 4.76. The quantitative estimate of drug-likeness (QED) is 0.801. The van der Waals surface area contributed by atoms with E-state index in [0.717, 1.165) is 12.5 Å². The van der Waals surface area contributed by atoms with Crippen LogP contribution >= 0.6 is 0 Å². The summed E-state index contributed by atoms with van der Waals surface area (Å²) in [6, 6.07) is 0. The maximum Gasteiger partial charge on any atom is 0.228 e. The molecule has 0 amide bonds. The van der Waals surface area contributed by atoms with E-state index in [-0.39, 0.29) is 0 Å². The normalized spacial score (nSPS) is 10.5. The molecule has 6 heteroatoms. The molecule has 0 spiro atoms. The van der Waals surface area contributed by atoms with Crippen LogP contribution in [0.1, 0.15) is 11.7 Å². The van der Waals surface area contributed by atoms with Gasteiger partial charge in [-0.25, -0.2) is 4.98 Å². The van der Waals surface area contributed by atoms with E-state index in [1.54, 1.807) is 13.1 Å². The van der Waals surface area contributed by atoms with Gasteiger partial charge in [-0.05, 0) is 6.92 Å². The van der Waals surface area contributed by atoms with E-state index in [2.05, 4.69) is 20.4 Å². The molecule has 80 valence electrons. The van der Waals surface area contributed by atoms with Gasteiger partial charge in [0.15, 0.2) is 5.82 Å². The number of nitrogens with zero attached hydrogens (tertiary/aromatic N) is 4. The zero-order valence-corrected chi connectivity index (χ0v) is 8.77. The van der Waals surface area contributed by atoms with Crippen molar-refractivity contribution in [3.63, 3.8) is 0 Å². The number of aromatic nitrogens is 4. The van der Waals surface area contributed by atoms with E-state index >= 15 is 0 Å². The molecule has 0 saturated carbocycles. The lowest BCUT2D eigenvalue weighted by Gasteiger charge is -2.02. The summed E-state index contributed by atoms with van der Waals surface area (Å²) in [5, 5.41) is 6.89. The average molecular weight is 207 g/mol. The van der Waals surface area contributed by atoms with Crippen molar-refractivity contribution >= 4 is 5.95 Å². The Morgan fingerprint density at radius 1 is 1.53 bits per heavy atom. The van der Waals surface area contributed by atoms with Gasteiger partial charge in [0.1, 0.15) is 0 Å². The number of hydrogen-bond acceptors (Lipinski definition) is 5. The van der Waals surface area contributed by atoms with Gasteiger partial charge in [-0.15, -0.1) is 0 Å². The van der Waals surface area contributed by atoms with Crippen LogP contribution in [0.5, 0.6) is 0 Å². The largest absolute Gasteiger partial charge is 0.355 e. The molecule has 0 radical (unpaired) electrons. The number of imidazole rings is 1. The van der Waals surface area contributed by atoms with E-state index in [1.165, 1.54) is 0 Å². The van der Waals surface area contributed by atoms with Crippen LogP contribution in [0.25, 0.3) is 0 Å². The van der Waals surface area contributed by atoms with Crippen LogP contribution in [-0.4, -0.2) is 26.2 Å². The van der Waals surface area contributed by atoms with Crippen molar-refractivity contribution in [3.05, 3.63) is 24.1 Å². The molecule has 2 aromatic rings. The molecular formula is C9H13N5O. The van der Waals surface area contributed by atoms with E-state index in [0.29, 0.717) is 18.1 Å². The molecule has 0 bridgehead atoms. The smallest absolute Gasteiger partial charge is 0.228 e. The van der Waals surface area contributed by atoms with E-state index in [4.69, 9.17) is 4.52 Å². The number of aryl methyl sites for hydroxylation is 2. The summed E-state index contributed by atoms with van der Waals surface area (Å²) >= 11 is 0. The van der Waals surface area contributed by atoms with Gasteiger partial charge in [-0.3, -0.25) is 0 Å². The third-order valence-electron chi connectivity index (χ3n) is 2.01. The fraction of sp³-hybridized carbons (Fsp3) is 0.444. The summed E-state index contributed by atoms with van der Waals surface area (Å²) in [6.07, 6.45) is 4.34. The Morgan fingerprint density at radius 3 is 3.00 bits per heavy atom. The second kappa shape index (κ2) is 4.12. The molecule has 1 N–H and O–H groups in total. The van der Waals surface area contributed by atoms with Crippen LogP contribution in [0, 0.1) is 6.92 Å². The molecule has 2 rings (SSSR count). The topological polar surface area (TPSA) is 68.8 Å². The standard InChI is InChI=1S/C9H13N5O/c1-7-12-8(15-13-7)3-4-10-9-11-5-6-14(9)2/h5-6H,3-4H2,1-2H3,(H,10,11). The summed E-state index contributed by atoms with van der Waals surface area (Å²) in [4.78, 5) is 8.24. The summed E-state index contributed by atoms with van der Waals surface area (Å²) < 4.78 is 6.90. The third-order valence-corrected chi connectivity index (χ3v) is 2.01. The molecular weight excluding hydrogens is 194 g/mol. The minimum Gasteiger partial charge on any atom is -0.355 e. The summed E-state index contributed by atoms with van der Waals surface area (Å²) in [7, 11) is 1.94. The molecule has 2 aromatic heterocycles. The van der Waals surface area contributed by atoms with Crippen LogP contribution in [0.15, 0.2) is 16.9 Å². The van der Waals surface area contributed by atoms with Crippen molar-refractivity contribution in [2.75, 3.05) is 11.9 Å². The van der Waals surface area contributed by atoms with Crippen molar-refractivity contribution in [1.29, 1.82) is 0 Å². The van der Waals surface area contributed by atoms with Crippen molar-refractivity contribution in [2.45, 2.75) is 13.3 Å². The molecule has 0 saturated heterocycles. The Labute approximate surface area is 87.3 Å². The lowest BCUT2D eigenvalue weighted by atomic mass is 10.4. The Hall–Kier alpha value is -1.85. The minimum atomic E-state index is 0.647. The van der Waals surface area contributed by atoms with Crippen LogP contribution in [0.4, 0.5) is 5.95 Å². The molecule has 0 aromatic carbocycles. The van der Waals surface area contributed by atoms with E-state index in [9.17, 15) is 0 Å². The summed E-state index contributed by atoms with van der Waals surface area (Å²) in [5.74, 6) is 2.16. The van der Waals surface area contributed by atoms with Crippen molar-refractivity contribution < 1.29 is 4.52 Å². The van der Waals surface area contributed by atoms with Gasteiger partial charge in [0.05, 0.1) is 0 Å². The lowest BCUT2D eigenvalue weighted by molar-refractivity contribution is 0.377. The van der Waals surface area contributed by atoms with Crippen LogP contribution in [-0.2, 0) is 13.5 Å². The number of hydrogen-bond donors (Lipinski definition) is 1. The Bertz CT molecular complexity index is 433. The Balaban J connectivity index is 1.83. The zero-order chi connectivity index (χ0) is 10.7. The predicted octanol–water partition coefficient (Wildman–Crippen LogP) is 0.766. The third kappa shape index (κ3) is 2.34. The summed E-state index contributed by atoms with van der Waals surface area (Å²) in [6.45, 7) is 2.53. The van der Waals surface area contributed by atoms with Crippen molar-refractivity contribution in [2.24, 2.45) is 7.05 Å². The SMILES string of the molecule is Cc1noc(CCNc2nccn2C)n1. The van der Waals surface area contributed by atoms with Crippen molar-refractivity contribution in [1.82, 2.24) is 19.7 Å². The van der Waals surface area contributed by atoms with Gasteiger partial charge in [0.25, 0.3) is 0 Å². The first kappa shape index (κ1) is 9.70. The maximum atomic E-state index is 4.99. The first-order valence-electron chi connectivity index (χ1n) is 4.76. The predicted molar refractivity (Wildman–Crippen MR) is 54.4 cm³/mol. The number of nitrogens with one attached hydrogen (secondary N) is 1. The van der Waals surface area contributed by atoms with Gasteiger partial charge in [0, 0.05) is 32.4 Å². The molecule has 6 nitrogen and oxygen atoms in total. The monoisotopic (exact) mass is 207 g/mol. The fourth-order valence-corrected chi connectivity index (χ4v) is 1.26. The van der Waals surface area contributed by atoms with Gasteiger partial charge < -0.3 is 14.4 Å². The molecule has 0 aliphatic heterocycles. The molecule has 0 fully saturated rings. The van der Waals surface area contributed by atoms with Gasteiger partial charge >= 0.3 is 0 Å². The molecule has 0 aliphatic rings. The summed E-state index contributed by atoms with van der Waals surface area (Å²) in [5.41, 5.74) is 0.